The van der Waals surface area contributed by atoms with E-state index in [9.17, 15) is 18.8 Å². The SMILES string of the molecule is C[C@H]1CC[C@]2(CN(C(=O)n3cnc(F)n3)[C@@H]2C2(C(F)F)CC2)CN1c1nc(OC[C@@]23CCCN2C[C@H](F)C3)nc2c(F)c(-c3ccc(F)c4sc(N)c(C#N)c34)c(Cl)cc12. The molecule has 7 heterocycles. The first kappa shape index (κ1) is 39.2. The summed E-state index contributed by atoms with van der Waals surface area (Å²) in [4.78, 5) is 31.8. The van der Waals surface area contributed by atoms with E-state index in [1.807, 2.05) is 17.9 Å². The lowest BCUT2D eigenvalue weighted by Crippen LogP contribution is -2.75. The Hall–Kier alpha value is -4.93. The number of nitrogens with zero attached hydrogens (tertiary/aromatic N) is 9. The third kappa shape index (κ3) is 5.76. The number of piperidine rings is 1. The van der Waals surface area contributed by atoms with Crippen molar-refractivity contribution in [3.63, 3.8) is 0 Å². The van der Waals surface area contributed by atoms with Crippen LogP contribution in [-0.2, 0) is 0 Å². The maximum atomic E-state index is 17.5. The minimum Gasteiger partial charge on any atom is -0.461 e. The molecule has 0 bridgehead atoms. The van der Waals surface area contributed by atoms with E-state index in [1.165, 1.54) is 17.0 Å². The van der Waals surface area contributed by atoms with Gasteiger partial charge < -0.3 is 20.3 Å². The van der Waals surface area contributed by atoms with Crippen LogP contribution in [0, 0.1) is 39.9 Å². The molecule has 4 saturated heterocycles. The van der Waals surface area contributed by atoms with E-state index in [0.717, 1.165) is 30.2 Å². The quantitative estimate of drug-likeness (QED) is 0.160. The van der Waals surface area contributed by atoms with E-state index < -0.39 is 58.8 Å². The number of alkyl halides is 3. The molecule has 1 saturated carbocycles. The molecule has 314 valence electrons. The summed E-state index contributed by atoms with van der Waals surface area (Å²) in [5.41, 5.74) is 2.83. The van der Waals surface area contributed by atoms with Crippen molar-refractivity contribution in [3.8, 4) is 23.2 Å². The Labute approximate surface area is 347 Å². The first-order valence-electron chi connectivity index (χ1n) is 19.7. The second-order valence-electron chi connectivity index (χ2n) is 17.1. The van der Waals surface area contributed by atoms with Crippen molar-refractivity contribution >= 4 is 60.8 Å². The number of thiophene rings is 1. The zero-order chi connectivity index (χ0) is 42.0. The van der Waals surface area contributed by atoms with Crippen molar-refractivity contribution in [2.75, 3.05) is 43.4 Å². The largest absolute Gasteiger partial charge is 0.461 e. The number of rotatable bonds is 7. The average molecular weight is 871 g/mol. The second kappa shape index (κ2) is 13.8. The molecule has 60 heavy (non-hydrogen) atoms. The highest BCUT2D eigenvalue weighted by Crippen LogP contribution is 2.65. The molecule has 3 aromatic heterocycles. The molecule has 10 rings (SSSR count). The van der Waals surface area contributed by atoms with Crippen molar-refractivity contribution in [2.24, 2.45) is 10.8 Å². The van der Waals surface area contributed by atoms with Crippen LogP contribution in [0.2, 0.25) is 5.02 Å². The monoisotopic (exact) mass is 870 g/mol. The summed E-state index contributed by atoms with van der Waals surface area (Å²) in [5.74, 6) is -1.36. The van der Waals surface area contributed by atoms with Gasteiger partial charge in [0.2, 0.25) is 6.43 Å². The standard InChI is InChI=1S/C40H37ClF6N10O2S/c1-19-5-7-38(16-56(33(38)40(8-9-40)34(45)46)37(58)57-18-50-35(47)53-57)15-55(19)32-22-11-24(41)27(21-3-4-25(43)30-26(21)23(13-48)31(49)60-30)28(44)29(22)51-36(52-32)59-17-39-6-2-10-54(39)14-20(42)12-39/h3-4,11,18-20,33-34H,2,5-10,12,14-17,49H2,1H3/t19-,20+,33-,38+,39-/m0/s1. The topological polar surface area (TPSA) is 142 Å². The van der Waals surface area contributed by atoms with Crippen molar-refractivity contribution in [1.29, 1.82) is 5.26 Å². The number of nitrogen functional groups attached to an aromatic ring is 1. The number of carbonyl (C=O) groups is 1. The summed E-state index contributed by atoms with van der Waals surface area (Å²) in [6.45, 7) is 3.10. The highest BCUT2D eigenvalue weighted by Gasteiger charge is 2.71. The molecule has 1 spiro atoms. The molecular weight excluding hydrogens is 834 g/mol. The first-order valence-corrected chi connectivity index (χ1v) is 20.9. The van der Waals surface area contributed by atoms with Gasteiger partial charge >= 0.3 is 18.1 Å². The van der Waals surface area contributed by atoms with E-state index >= 15 is 17.6 Å². The molecule has 4 aliphatic heterocycles. The maximum absolute atomic E-state index is 17.5. The molecule has 5 fully saturated rings. The van der Waals surface area contributed by atoms with Crippen LogP contribution in [-0.4, -0.2) is 104 Å². The van der Waals surface area contributed by atoms with Crippen LogP contribution in [0.3, 0.4) is 0 Å². The van der Waals surface area contributed by atoms with E-state index in [0.29, 0.717) is 30.5 Å². The lowest BCUT2D eigenvalue weighted by molar-refractivity contribution is -0.129. The van der Waals surface area contributed by atoms with Crippen LogP contribution in [0.15, 0.2) is 24.5 Å². The fourth-order valence-corrected chi connectivity index (χ4v) is 12.0. The van der Waals surface area contributed by atoms with E-state index in [1.54, 1.807) is 0 Å². The zero-order valence-electron chi connectivity index (χ0n) is 32.1. The molecule has 20 heteroatoms. The molecule has 5 atom stereocenters. The second-order valence-corrected chi connectivity index (χ2v) is 18.5. The van der Waals surface area contributed by atoms with Crippen molar-refractivity contribution < 1.29 is 35.9 Å². The number of likely N-dealkylation sites (tertiary alicyclic amines) is 1. The number of aromatic nitrogens is 5. The Morgan fingerprint density at radius 3 is 2.68 bits per heavy atom. The van der Waals surface area contributed by atoms with Gasteiger partial charge in [-0.1, -0.05) is 17.7 Å². The number of anilines is 2. The van der Waals surface area contributed by atoms with E-state index in [4.69, 9.17) is 27.1 Å². The Morgan fingerprint density at radius 2 is 1.97 bits per heavy atom. The normalized spacial score (nSPS) is 27.2. The molecule has 12 nitrogen and oxygen atoms in total. The summed E-state index contributed by atoms with van der Waals surface area (Å²) < 4.78 is 98.3. The van der Waals surface area contributed by atoms with Crippen LogP contribution in [0.4, 0.5) is 42.0 Å². The van der Waals surface area contributed by atoms with Crippen molar-refractivity contribution in [3.05, 3.63) is 52.8 Å². The molecule has 2 N–H and O–H groups in total. The molecule has 5 aliphatic rings. The van der Waals surface area contributed by atoms with Gasteiger partial charge in [0.25, 0.3) is 0 Å². The van der Waals surface area contributed by atoms with Crippen LogP contribution < -0.4 is 15.4 Å². The van der Waals surface area contributed by atoms with Gasteiger partial charge in [0, 0.05) is 53.8 Å². The van der Waals surface area contributed by atoms with E-state index in [-0.39, 0.29) is 111 Å². The predicted octanol–water partition coefficient (Wildman–Crippen LogP) is 7.96. The molecular formula is C40H37ClF6N10O2S. The summed E-state index contributed by atoms with van der Waals surface area (Å²) in [7, 11) is 0. The Bertz CT molecular complexity index is 2650. The number of halogens is 7. The number of carbonyl (C=O) groups excluding carboxylic acids is 1. The molecule has 1 aliphatic carbocycles. The Kier molecular flexibility index (Phi) is 9.02. The molecule has 0 radical (unpaired) electrons. The number of hydrogen-bond acceptors (Lipinski definition) is 11. The molecule has 1 amide bonds. The minimum atomic E-state index is -2.76. The third-order valence-corrected chi connectivity index (χ3v) is 15.0. The predicted molar refractivity (Wildman–Crippen MR) is 210 cm³/mol. The molecule has 0 unspecified atom stereocenters. The van der Waals surface area contributed by atoms with Crippen LogP contribution in [0.25, 0.3) is 32.1 Å². The highest BCUT2D eigenvalue weighted by molar-refractivity contribution is 7.23. The fourth-order valence-electron chi connectivity index (χ4n) is 10.8. The number of fused-ring (bicyclic) bond motifs is 3. The number of nitriles is 1. The van der Waals surface area contributed by atoms with Gasteiger partial charge in [0.1, 0.15) is 47.3 Å². The maximum Gasteiger partial charge on any atom is 0.346 e. The van der Waals surface area contributed by atoms with Gasteiger partial charge in [-0.25, -0.2) is 26.7 Å². The zero-order valence-corrected chi connectivity index (χ0v) is 33.6. The summed E-state index contributed by atoms with van der Waals surface area (Å²) in [5, 5.41) is 13.7. The highest BCUT2D eigenvalue weighted by atomic mass is 35.5. The molecule has 5 aromatic rings. The van der Waals surface area contributed by atoms with Gasteiger partial charge in [-0.05, 0) is 69.7 Å². The number of hydrogen-bond donors (Lipinski definition) is 1. The lowest BCUT2D eigenvalue weighted by Gasteiger charge is -2.63. The van der Waals surface area contributed by atoms with Crippen molar-refractivity contribution in [2.45, 2.75) is 82.1 Å². The number of nitrogens with two attached hydrogens (primary N) is 1. The Balaban J connectivity index is 1.11. The van der Waals surface area contributed by atoms with Gasteiger partial charge in [0.05, 0.1) is 32.3 Å². The van der Waals surface area contributed by atoms with Gasteiger partial charge in [-0.15, -0.1) is 16.4 Å². The number of amides is 1. The van der Waals surface area contributed by atoms with E-state index in [2.05, 4.69) is 20.0 Å². The summed E-state index contributed by atoms with van der Waals surface area (Å²) >= 11 is 7.83. The average Bonchev–Trinajstić information content (AvgIpc) is 3.41. The Morgan fingerprint density at radius 1 is 1.17 bits per heavy atom. The molecule has 2 aromatic carbocycles. The lowest BCUT2D eigenvalue weighted by atomic mass is 9.60. The van der Waals surface area contributed by atoms with Crippen molar-refractivity contribution in [1.82, 2.24) is 34.5 Å². The minimum absolute atomic E-state index is 0.0250. The van der Waals surface area contributed by atoms with Gasteiger partial charge in [0.15, 0.2) is 5.82 Å². The van der Waals surface area contributed by atoms with Crippen LogP contribution >= 0.6 is 22.9 Å². The first-order chi connectivity index (χ1) is 28.7. The summed E-state index contributed by atoms with van der Waals surface area (Å²) in [6, 6.07) is 3.74. The number of benzene rings is 2. The third-order valence-electron chi connectivity index (χ3n) is 13.7. The van der Waals surface area contributed by atoms with Gasteiger partial charge in [-0.2, -0.15) is 29.3 Å². The fraction of sp³-hybridized carbons (Fsp3) is 0.500. The smallest absolute Gasteiger partial charge is 0.346 e. The summed E-state index contributed by atoms with van der Waals surface area (Å²) in [6.07, 6.45) is -0.924. The van der Waals surface area contributed by atoms with Crippen LogP contribution in [0.5, 0.6) is 6.01 Å². The van der Waals surface area contributed by atoms with Crippen LogP contribution in [0.1, 0.15) is 57.4 Å². The van der Waals surface area contributed by atoms with Gasteiger partial charge in [-0.3, -0.25) is 4.90 Å². The number of ether oxygens (including phenoxy) is 1.